The van der Waals surface area contributed by atoms with Gasteiger partial charge in [0.15, 0.2) is 0 Å². The van der Waals surface area contributed by atoms with Crippen LogP contribution in [-0.4, -0.2) is 43.6 Å². The summed E-state index contributed by atoms with van der Waals surface area (Å²) in [7, 11) is 1.66. The molecule has 0 radical (unpaired) electrons. The molecule has 1 aromatic heterocycles. The second-order valence-corrected chi connectivity index (χ2v) is 7.12. The van der Waals surface area contributed by atoms with Crippen molar-refractivity contribution in [2.24, 2.45) is 0 Å². The van der Waals surface area contributed by atoms with Crippen molar-refractivity contribution in [3.63, 3.8) is 0 Å². The highest BCUT2D eigenvalue weighted by atomic mass is 32.1. The van der Waals surface area contributed by atoms with Crippen LogP contribution in [0, 0.1) is 6.92 Å². The second-order valence-electron chi connectivity index (χ2n) is 5.86. The summed E-state index contributed by atoms with van der Waals surface area (Å²) in [6.45, 7) is 6.67. The van der Waals surface area contributed by atoms with Crippen molar-refractivity contribution < 1.29 is 9.53 Å². The van der Waals surface area contributed by atoms with Crippen LogP contribution in [0.15, 0.2) is 30.3 Å². The van der Waals surface area contributed by atoms with Crippen molar-refractivity contribution in [1.82, 2.24) is 10.2 Å². The first-order valence-corrected chi connectivity index (χ1v) is 8.68. The summed E-state index contributed by atoms with van der Waals surface area (Å²) in [6.07, 6.45) is 0. The summed E-state index contributed by atoms with van der Waals surface area (Å²) in [5.74, 6) is 0.986. The standard InChI is InChI=1S/C18H22N2O2S/c1-12-11-19-8-9-20(12)18(21)17-10-16(13(2)23-17)14-4-6-15(22-3)7-5-14/h4-7,10,12,19H,8-9,11H2,1-3H3/t12-/m0/s1. The third-order valence-corrected chi connectivity index (χ3v) is 5.33. The number of piperazine rings is 1. The highest BCUT2D eigenvalue weighted by Gasteiger charge is 2.25. The van der Waals surface area contributed by atoms with Crippen molar-refractivity contribution in [3.05, 3.63) is 40.1 Å². The number of hydrogen-bond donors (Lipinski definition) is 1. The molecule has 1 amide bonds. The number of thiophene rings is 1. The smallest absolute Gasteiger partial charge is 0.264 e. The summed E-state index contributed by atoms with van der Waals surface area (Å²) in [5.41, 5.74) is 2.25. The first-order chi connectivity index (χ1) is 11.1. The van der Waals surface area contributed by atoms with Crippen LogP contribution in [0.2, 0.25) is 0 Å². The van der Waals surface area contributed by atoms with E-state index in [1.165, 1.54) is 4.88 Å². The van der Waals surface area contributed by atoms with Gasteiger partial charge in [-0.15, -0.1) is 11.3 Å². The normalized spacial score (nSPS) is 18.0. The minimum absolute atomic E-state index is 0.145. The molecule has 1 N–H and O–H groups in total. The van der Waals surface area contributed by atoms with E-state index in [1.807, 2.05) is 35.2 Å². The van der Waals surface area contributed by atoms with E-state index in [-0.39, 0.29) is 11.9 Å². The maximum atomic E-state index is 12.8. The summed E-state index contributed by atoms with van der Waals surface area (Å²) in [4.78, 5) is 16.8. The topological polar surface area (TPSA) is 41.6 Å². The molecular formula is C18H22N2O2S. The zero-order valence-corrected chi connectivity index (χ0v) is 14.6. The number of nitrogens with one attached hydrogen (secondary N) is 1. The van der Waals surface area contributed by atoms with E-state index in [2.05, 4.69) is 19.2 Å². The Hall–Kier alpha value is -1.85. The Morgan fingerprint density at radius 2 is 2.09 bits per heavy atom. The first kappa shape index (κ1) is 16.0. The van der Waals surface area contributed by atoms with Gasteiger partial charge in [-0.3, -0.25) is 4.79 Å². The molecule has 2 heterocycles. The van der Waals surface area contributed by atoms with Gasteiger partial charge in [0.25, 0.3) is 5.91 Å². The van der Waals surface area contributed by atoms with Gasteiger partial charge >= 0.3 is 0 Å². The van der Waals surface area contributed by atoms with Crippen LogP contribution in [0.3, 0.4) is 0 Å². The monoisotopic (exact) mass is 330 g/mol. The van der Waals surface area contributed by atoms with Crippen LogP contribution in [0.4, 0.5) is 0 Å². The average molecular weight is 330 g/mol. The first-order valence-electron chi connectivity index (χ1n) is 7.86. The lowest BCUT2D eigenvalue weighted by molar-refractivity contribution is 0.0661. The predicted molar refractivity (Wildman–Crippen MR) is 94.4 cm³/mol. The van der Waals surface area contributed by atoms with E-state index in [0.717, 1.165) is 41.4 Å². The largest absolute Gasteiger partial charge is 0.497 e. The van der Waals surface area contributed by atoms with Gasteiger partial charge in [-0.25, -0.2) is 0 Å². The Bertz CT molecular complexity index is 694. The van der Waals surface area contributed by atoms with E-state index in [1.54, 1.807) is 18.4 Å². The molecule has 0 saturated carbocycles. The molecule has 2 aromatic rings. The number of hydrogen-bond acceptors (Lipinski definition) is 4. The van der Waals surface area contributed by atoms with Gasteiger partial charge in [0.2, 0.25) is 0 Å². The fourth-order valence-electron chi connectivity index (χ4n) is 2.93. The van der Waals surface area contributed by atoms with E-state index < -0.39 is 0 Å². The van der Waals surface area contributed by atoms with E-state index in [4.69, 9.17) is 4.74 Å². The van der Waals surface area contributed by atoms with E-state index >= 15 is 0 Å². The van der Waals surface area contributed by atoms with Gasteiger partial charge in [0.1, 0.15) is 5.75 Å². The Morgan fingerprint density at radius 1 is 1.35 bits per heavy atom. The molecule has 1 aliphatic heterocycles. The van der Waals surface area contributed by atoms with Crippen molar-refractivity contribution in [2.45, 2.75) is 19.9 Å². The fraction of sp³-hybridized carbons (Fsp3) is 0.389. The second kappa shape index (κ2) is 6.72. The number of benzene rings is 1. The molecule has 0 unspecified atom stereocenters. The van der Waals surface area contributed by atoms with E-state index in [0.29, 0.717) is 0 Å². The van der Waals surface area contributed by atoms with Gasteiger partial charge in [-0.1, -0.05) is 12.1 Å². The molecule has 5 heteroatoms. The number of carbonyl (C=O) groups excluding carboxylic acids is 1. The minimum atomic E-state index is 0.145. The number of nitrogens with zero attached hydrogens (tertiary/aromatic N) is 1. The van der Waals surface area contributed by atoms with Crippen molar-refractivity contribution in [3.8, 4) is 16.9 Å². The predicted octanol–water partition coefficient (Wildman–Crippen LogP) is 3.17. The van der Waals surface area contributed by atoms with Crippen LogP contribution in [0.5, 0.6) is 5.75 Å². The molecule has 1 aliphatic rings. The van der Waals surface area contributed by atoms with Crippen molar-refractivity contribution in [1.29, 1.82) is 0 Å². The van der Waals surface area contributed by atoms with Gasteiger partial charge in [0, 0.05) is 30.6 Å². The highest BCUT2D eigenvalue weighted by Crippen LogP contribution is 2.32. The maximum Gasteiger partial charge on any atom is 0.264 e. The van der Waals surface area contributed by atoms with Crippen LogP contribution < -0.4 is 10.1 Å². The number of rotatable bonds is 3. The Kier molecular flexibility index (Phi) is 4.68. The molecular weight excluding hydrogens is 308 g/mol. The van der Waals surface area contributed by atoms with Crippen LogP contribution in [0.1, 0.15) is 21.5 Å². The molecule has 3 rings (SSSR count). The van der Waals surface area contributed by atoms with Gasteiger partial charge < -0.3 is 15.0 Å². The molecule has 0 aliphatic carbocycles. The number of methoxy groups -OCH3 is 1. The van der Waals surface area contributed by atoms with Gasteiger partial charge in [-0.2, -0.15) is 0 Å². The van der Waals surface area contributed by atoms with Gasteiger partial charge in [-0.05, 0) is 43.2 Å². The minimum Gasteiger partial charge on any atom is -0.497 e. The Labute approximate surface area is 141 Å². The molecule has 122 valence electrons. The molecule has 0 bridgehead atoms. The zero-order valence-electron chi connectivity index (χ0n) is 13.8. The molecule has 1 aromatic carbocycles. The number of carbonyl (C=O) groups is 1. The SMILES string of the molecule is COc1ccc(-c2cc(C(=O)N3CCNC[C@@H]3C)sc2C)cc1. The lowest BCUT2D eigenvalue weighted by Crippen LogP contribution is -2.52. The summed E-state index contributed by atoms with van der Waals surface area (Å²) in [6, 6.07) is 10.2. The maximum absolute atomic E-state index is 12.8. The van der Waals surface area contributed by atoms with Gasteiger partial charge in [0.05, 0.1) is 12.0 Å². The summed E-state index contributed by atoms with van der Waals surface area (Å²) < 4.78 is 5.21. The quantitative estimate of drug-likeness (QED) is 0.940. The number of amides is 1. The van der Waals surface area contributed by atoms with Crippen LogP contribution >= 0.6 is 11.3 Å². The number of aryl methyl sites for hydroxylation is 1. The molecule has 23 heavy (non-hydrogen) atoms. The zero-order chi connectivity index (χ0) is 16.4. The summed E-state index contributed by atoms with van der Waals surface area (Å²) in [5, 5.41) is 3.32. The number of ether oxygens (including phenoxy) is 1. The lowest BCUT2D eigenvalue weighted by Gasteiger charge is -2.33. The highest BCUT2D eigenvalue weighted by molar-refractivity contribution is 7.14. The summed E-state index contributed by atoms with van der Waals surface area (Å²) >= 11 is 1.58. The molecule has 1 saturated heterocycles. The van der Waals surface area contributed by atoms with Crippen molar-refractivity contribution >= 4 is 17.2 Å². The fourth-order valence-corrected chi connectivity index (χ4v) is 3.93. The molecule has 4 nitrogen and oxygen atoms in total. The Balaban J connectivity index is 1.86. The van der Waals surface area contributed by atoms with Crippen molar-refractivity contribution in [2.75, 3.05) is 26.7 Å². The lowest BCUT2D eigenvalue weighted by atomic mass is 10.1. The Morgan fingerprint density at radius 3 is 2.74 bits per heavy atom. The van der Waals surface area contributed by atoms with E-state index in [9.17, 15) is 4.79 Å². The van der Waals surface area contributed by atoms with Crippen LogP contribution in [-0.2, 0) is 0 Å². The third-order valence-electron chi connectivity index (χ3n) is 4.29. The van der Waals surface area contributed by atoms with Crippen LogP contribution in [0.25, 0.3) is 11.1 Å². The average Bonchev–Trinajstić information content (AvgIpc) is 2.96. The molecule has 1 atom stereocenters. The third kappa shape index (κ3) is 3.26. The molecule has 1 fully saturated rings. The molecule has 0 spiro atoms.